The Hall–Kier alpha value is -6.04. The highest BCUT2D eigenvalue weighted by Crippen LogP contribution is 2.44. The zero-order valence-corrected chi connectivity index (χ0v) is 37.4. The van der Waals surface area contributed by atoms with Crippen LogP contribution in [0.25, 0.3) is 11.1 Å². The van der Waals surface area contributed by atoms with Gasteiger partial charge in [0.05, 0.1) is 18.2 Å². The molecule has 0 unspecified atom stereocenters. The van der Waals surface area contributed by atoms with Crippen LogP contribution in [0.15, 0.2) is 58.6 Å². The molecule has 2 aromatic rings. The van der Waals surface area contributed by atoms with Gasteiger partial charge in [0.15, 0.2) is 0 Å². The third kappa shape index (κ3) is 15.5. The minimum absolute atomic E-state index is 0.0458. The van der Waals surface area contributed by atoms with Crippen molar-refractivity contribution in [2.45, 2.75) is 129 Å². The third-order valence-electron chi connectivity index (χ3n) is 9.21. The largest absolute Gasteiger partial charge is 0.449 e. The van der Waals surface area contributed by atoms with Crippen molar-refractivity contribution >= 4 is 48.2 Å². The summed E-state index contributed by atoms with van der Waals surface area (Å²) < 4.78 is 22.3. The number of hydrogen-bond donors (Lipinski definition) is 5. The van der Waals surface area contributed by atoms with E-state index in [1.54, 1.807) is 41.5 Å². The van der Waals surface area contributed by atoms with Crippen LogP contribution in [0.3, 0.4) is 0 Å². The zero-order chi connectivity index (χ0) is 45.8. The topological polar surface area (TPSA) is 227 Å². The summed E-state index contributed by atoms with van der Waals surface area (Å²) in [6.07, 6.45) is -0.240. The summed E-state index contributed by atoms with van der Waals surface area (Å²) in [7, 11) is 0. The van der Waals surface area contributed by atoms with E-state index < -0.39 is 70.9 Å². The Balaban J connectivity index is 1.41. The number of likely N-dealkylation sites (tertiary alicyclic amines) is 1. The molecule has 2 aromatic carbocycles. The average molecular weight is 863 g/mol. The molecule has 1 saturated heterocycles. The van der Waals surface area contributed by atoms with Gasteiger partial charge in [0.1, 0.15) is 29.9 Å². The highest BCUT2D eigenvalue weighted by atomic mass is 16.6. The molecule has 5 N–H and O–H groups in total. The summed E-state index contributed by atoms with van der Waals surface area (Å²) in [5.74, 6) is -1.82. The van der Waals surface area contributed by atoms with Gasteiger partial charge in [0.2, 0.25) is 23.7 Å². The molecule has 0 aromatic heterocycles. The normalized spacial score (nSPS) is 15.8. The molecule has 3 atom stereocenters. The number of rotatable bonds is 14. The first-order chi connectivity index (χ1) is 29.0. The summed E-state index contributed by atoms with van der Waals surface area (Å²) in [4.78, 5) is 83.3. The molecule has 0 saturated carbocycles. The fourth-order valence-corrected chi connectivity index (χ4v) is 6.51. The van der Waals surface area contributed by atoms with E-state index in [-0.39, 0.29) is 44.6 Å². The van der Waals surface area contributed by atoms with E-state index >= 15 is 0 Å². The second kappa shape index (κ2) is 21.2. The maximum Gasteiger partial charge on any atom is 0.414 e. The number of hydrogen-bond acceptors (Lipinski definition) is 12. The molecule has 1 fully saturated rings. The van der Waals surface area contributed by atoms with E-state index in [1.165, 1.54) is 18.0 Å². The number of benzene rings is 2. The predicted octanol–water partition coefficient (Wildman–Crippen LogP) is 5.10. The van der Waals surface area contributed by atoms with Crippen LogP contribution in [0.2, 0.25) is 0 Å². The SMILES string of the molecule is CC(=O)N/N=C/[C@H](CCCN=C(NC(=O)OC(C)(C)C)NC(=O)OC(C)(C)C)NC(=O)[C@@H]1CCN1C(=O)[C@@H](COC(C)(C)C)NC(=O)OCC1c2ccccc2-c2ccccc21. The van der Waals surface area contributed by atoms with Gasteiger partial charge in [0.25, 0.3) is 0 Å². The van der Waals surface area contributed by atoms with Gasteiger partial charge in [0, 0.05) is 32.1 Å². The highest BCUT2D eigenvalue weighted by molar-refractivity contribution is 6.01. The van der Waals surface area contributed by atoms with Crippen LogP contribution in [0, 0.1) is 0 Å². The molecule has 1 aliphatic heterocycles. The molecular formula is C44H62N8O10. The highest BCUT2D eigenvalue weighted by Gasteiger charge is 2.42. The van der Waals surface area contributed by atoms with Crippen LogP contribution in [0.1, 0.15) is 106 Å². The molecule has 0 radical (unpaired) electrons. The van der Waals surface area contributed by atoms with Gasteiger partial charge in [-0.3, -0.25) is 30.0 Å². The molecule has 62 heavy (non-hydrogen) atoms. The van der Waals surface area contributed by atoms with E-state index in [4.69, 9.17) is 18.9 Å². The van der Waals surface area contributed by atoms with Crippen LogP contribution in [0.4, 0.5) is 14.4 Å². The summed E-state index contributed by atoms with van der Waals surface area (Å²) in [5.41, 5.74) is 4.29. The number of alkyl carbamates (subject to hydrolysis) is 3. The van der Waals surface area contributed by atoms with Gasteiger partial charge in [-0.15, -0.1) is 0 Å². The maximum absolute atomic E-state index is 14.0. The van der Waals surface area contributed by atoms with E-state index in [0.717, 1.165) is 22.3 Å². The molecule has 2 aliphatic rings. The smallest absolute Gasteiger partial charge is 0.414 e. The average Bonchev–Trinajstić information content (AvgIpc) is 3.44. The lowest BCUT2D eigenvalue weighted by atomic mass is 9.98. The number of nitrogens with zero attached hydrogens (tertiary/aromatic N) is 3. The Kier molecular flexibility index (Phi) is 16.6. The lowest BCUT2D eigenvalue weighted by Gasteiger charge is -2.42. The van der Waals surface area contributed by atoms with Gasteiger partial charge < -0.3 is 34.5 Å². The number of nitrogens with one attached hydrogen (secondary N) is 5. The van der Waals surface area contributed by atoms with Crippen LogP contribution >= 0.6 is 0 Å². The Bertz CT molecular complexity index is 1920. The molecule has 1 aliphatic carbocycles. The molecular weight excluding hydrogens is 801 g/mol. The number of fused-ring (bicyclic) bond motifs is 3. The van der Waals surface area contributed by atoms with Crippen LogP contribution in [-0.2, 0) is 33.3 Å². The van der Waals surface area contributed by atoms with Crippen molar-refractivity contribution in [1.82, 2.24) is 31.6 Å². The van der Waals surface area contributed by atoms with Crippen LogP contribution < -0.4 is 26.7 Å². The number of ether oxygens (including phenoxy) is 4. The molecule has 338 valence electrons. The summed E-state index contributed by atoms with van der Waals surface area (Å²) in [6.45, 7) is 17.1. The first-order valence-corrected chi connectivity index (χ1v) is 20.7. The minimum Gasteiger partial charge on any atom is -0.449 e. The molecule has 1 heterocycles. The minimum atomic E-state index is -1.16. The molecule has 0 bridgehead atoms. The summed E-state index contributed by atoms with van der Waals surface area (Å²) >= 11 is 0. The number of amides is 6. The van der Waals surface area contributed by atoms with Crippen LogP contribution in [0.5, 0.6) is 0 Å². The first-order valence-electron chi connectivity index (χ1n) is 20.7. The molecule has 4 rings (SSSR count). The summed E-state index contributed by atoms with van der Waals surface area (Å²) in [6, 6.07) is 13.2. The number of carbonyl (C=O) groups is 6. The van der Waals surface area contributed by atoms with Crippen molar-refractivity contribution in [3.05, 3.63) is 59.7 Å². The Morgan fingerprint density at radius 3 is 1.85 bits per heavy atom. The van der Waals surface area contributed by atoms with Gasteiger partial charge in [-0.2, -0.15) is 5.10 Å². The van der Waals surface area contributed by atoms with Crippen molar-refractivity contribution in [2.75, 3.05) is 26.3 Å². The quantitative estimate of drug-likeness (QED) is 0.0555. The Morgan fingerprint density at radius 1 is 0.790 bits per heavy atom. The fourth-order valence-electron chi connectivity index (χ4n) is 6.51. The van der Waals surface area contributed by atoms with Gasteiger partial charge >= 0.3 is 18.3 Å². The van der Waals surface area contributed by atoms with E-state index in [0.29, 0.717) is 12.8 Å². The van der Waals surface area contributed by atoms with E-state index in [9.17, 15) is 28.8 Å². The lowest BCUT2D eigenvalue weighted by Crippen LogP contribution is -2.64. The molecule has 6 amide bonds. The third-order valence-corrected chi connectivity index (χ3v) is 9.21. The standard InChI is InChI=1S/C44H62N8O10/c1-27(53)51-46-24-28(16-15-22-45-38(49-40(57)61-43(5,6)7)50-41(58)62-44(8,9)10)47-36(54)35-21-23-52(35)37(55)34(26-60-42(2,3)4)48-39(56)59-25-33-31-19-13-11-17-29(31)30-18-12-14-20-32(30)33/h11-14,17-20,24,28,33-35H,15-16,21-23,25-26H2,1-10H3,(H,47,54)(H,48,56)(H,51,53)(H2,45,49,50,57,58)/b46-24+/t28-,34+,35-/m0/s1. The molecule has 18 nitrogen and oxygen atoms in total. The van der Waals surface area contributed by atoms with E-state index in [2.05, 4.69) is 36.8 Å². The predicted molar refractivity (Wildman–Crippen MR) is 232 cm³/mol. The van der Waals surface area contributed by atoms with Gasteiger partial charge in [-0.25, -0.2) is 19.8 Å². The molecule has 0 spiro atoms. The monoisotopic (exact) mass is 862 g/mol. The zero-order valence-electron chi connectivity index (χ0n) is 37.4. The summed E-state index contributed by atoms with van der Waals surface area (Å²) in [5, 5.41) is 14.3. The van der Waals surface area contributed by atoms with Crippen LogP contribution in [-0.4, -0.2) is 114 Å². The second-order valence-corrected chi connectivity index (χ2v) is 18.0. The maximum atomic E-state index is 14.0. The number of aliphatic imine (C=N–C) groups is 1. The number of carbonyl (C=O) groups excluding carboxylic acids is 6. The van der Waals surface area contributed by atoms with Crippen molar-refractivity contribution in [1.29, 1.82) is 0 Å². The molecule has 18 heteroatoms. The van der Waals surface area contributed by atoms with Crippen molar-refractivity contribution in [3.63, 3.8) is 0 Å². The number of hydrazone groups is 1. The van der Waals surface area contributed by atoms with Gasteiger partial charge in [-0.1, -0.05) is 48.5 Å². The Labute approximate surface area is 363 Å². The fraction of sp³-hybridized carbons (Fsp3) is 0.545. The van der Waals surface area contributed by atoms with Crippen molar-refractivity contribution < 1.29 is 47.7 Å². The Morgan fingerprint density at radius 2 is 1.35 bits per heavy atom. The van der Waals surface area contributed by atoms with Crippen molar-refractivity contribution in [3.8, 4) is 11.1 Å². The first kappa shape index (κ1) is 48.6. The van der Waals surface area contributed by atoms with Crippen molar-refractivity contribution in [2.24, 2.45) is 10.1 Å². The second-order valence-electron chi connectivity index (χ2n) is 18.0. The van der Waals surface area contributed by atoms with Gasteiger partial charge in [-0.05, 0) is 104 Å². The lowest BCUT2D eigenvalue weighted by molar-refractivity contribution is -0.151. The number of guanidine groups is 1. The van der Waals surface area contributed by atoms with E-state index in [1.807, 2.05) is 69.3 Å².